The fourth-order valence-electron chi connectivity index (χ4n) is 2.86. The van der Waals surface area contributed by atoms with E-state index in [4.69, 9.17) is 0 Å². The zero-order valence-electron chi connectivity index (χ0n) is 13.0. The van der Waals surface area contributed by atoms with E-state index < -0.39 is 0 Å². The number of fused-ring (bicyclic) bond motifs is 1. The maximum atomic E-state index is 2.40. The van der Waals surface area contributed by atoms with E-state index in [1.807, 2.05) is 0 Å². The molecule has 0 amide bonds. The van der Waals surface area contributed by atoms with Crippen LogP contribution >= 0.6 is 23.5 Å². The predicted octanol–water partition coefficient (Wildman–Crippen LogP) is 6.24. The highest BCUT2D eigenvalue weighted by molar-refractivity contribution is 8.17. The zero-order valence-corrected chi connectivity index (χ0v) is 14.6. The molecule has 0 nitrogen and oxygen atoms in total. The lowest BCUT2D eigenvalue weighted by atomic mass is 9.91. The Labute approximate surface area is 133 Å². The van der Waals surface area contributed by atoms with Gasteiger partial charge < -0.3 is 0 Å². The van der Waals surface area contributed by atoms with Crippen LogP contribution in [0.4, 0.5) is 0 Å². The molecule has 112 valence electrons. The van der Waals surface area contributed by atoms with Crippen molar-refractivity contribution >= 4 is 23.5 Å². The molecule has 0 aromatic heterocycles. The minimum atomic E-state index is 0.346. The molecule has 0 atom stereocenters. The van der Waals surface area contributed by atoms with E-state index in [2.05, 4.69) is 61.6 Å². The van der Waals surface area contributed by atoms with E-state index in [1.165, 1.54) is 56.5 Å². The van der Waals surface area contributed by atoms with Gasteiger partial charge in [0.2, 0.25) is 0 Å². The van der Waals surface area contributed by atoms with Crippen molar-refractivity contribution in [1.29, 1.82) is 0 Å². The van der Waals surface area contributed by atoms with Crippen molar-refractivity contribution in [3.8, 4) is 0 Å². The molecule has 0 saturated heterocycles. The second-order valence-corrected chi connectivity index (χ2v) is 8.71. The maximum absolute atomic E-state index is 2.40. The first-order chi connectivity index (χ1) is 9.82. The fraction of sp³-hybridized carbons (Fsp3) is 0.667. The molecular weight excluding hydrogens is 280 g/mol. The Kier molecular flexibility index (Phi) is 6.83. The minimum absolute atomic E-state index is 0.346. The number of rotatable bonds is 8. The van der Waals surface area contributed by atoms with Gasteiger partial charge in [-0.2, -0.15) is 0 Å². The first-order valence-corrected chi connectivity index (χ1v) is 10.2. The second kappa shape index (κ2) is 8.38. The van der Waals surface area contributed by atoms with Crippen LogP contribution in [0, 0.1) is 0 Å². The van der Waals surface area contributed by atoms with Gasteiger partial charge in [0.15, 0.2) is 0 Å². The topological polar surface area (TPSA) is 0 Å². The Balaban J connectivity index is 2.17. The summed E-state index contributed by atoms with van der Waals surface area (Å²) in [6, 6.07) is 9.19. The van der Waals surface area contributed by atoms with Crippen molar-refractivity contribution in [2.75, 3.05) is 11.5 Å². The van der Waals surface area contributed by atoms with Crippen LogP contribution < -0.4 is 0 Å². The first kappa shape index (κ1) is 16.3. The first-order valence-electron chi connectivity index (χ1n) is 8.18. The predicted molar refractivity (Wildman–Crippen MR) is 95.8 cm³/mol. The summed E-state index contributed by atoms with van der Waals surface area (Å²) < 4.78 is 0.346. The van der Waals surface area contributed by atoms with Crippen molar-refractivity contribution in [1.82, 2.24) is 0 Å². The number of benzene rings is 1. The monoisotopic (exact) mass is 308 g/mol. The van der Waals surface area contributed by atoms with Gasteiger partial charge in [0.1, 0.15) is 0 Å². The number of thioether (sulfide) groups is 2. The molecule has 0 bridgehead atoms. The molecule has 2 rings (SSSR count). The van der Waals surface area contributed by atoms with Crippen LogP contribution in [0.15, 0.2) is 24.3 Å². The van der Waals surface area contributed by atoms with Gasteiger partial charge in [0.05, 0.1) is 4.08 Å². The molecule has 1 aromatic carbocycles. The zero-order chi connectivity index (χ0) is 14.3. The third-order valence-corrected chi connectivity index (χ3v) is 7.52. The highest BCUT2D eigenvalue weighted by atomic mass is 32.2. The third kappa shape index (κ3) is 3.98. The Morgan fingerprint density at radius 3 is 2.30 bits per heavy atom. The summed E-state index contributed by atoms with van der Waals surface area (Å²) in [5, 5.41) is 0. The van der Waals surface area contributed by atoms with Crippen molar-refractivity contribution in [2.45, 2.75) is 62.9 Å². The Morgan fingerprint density at radius 2 is 1.65 bits per heavy atom. The average molecular weight is 309 g/mol. The Morgan fingerprint density at radius 1 is 1.00 bits per heavy atom. The van der Waals surface area contributed by atoms with Gasteiger partial charge in [-0.05, 0) is 54.7 Å². The van der Waals surface area contributed by atoms with Crippen molar-refractivity contribution in [3.05, 3.63) is 35.4 Å². The highest BCUT2D eigenvalue weighted by Gasteiger charge is 2.36. The quantitative estimate of drug-likeness (QED) is 0.411. The summed E-state index contributed by atoms with van der Waals surface area (Å²) in [5.41, 5.74) is 3.24. The molecule has 0 aliphatic heterocycles. The van der Waals surface area contributed by atoms with Gasteiger partial charge in [-0.15, -0.1) is 23.5 Å². The summed E-state index contributed by atoms with van der Waals surface area (Å²) in [6.45, 7) is 4.60. The molecule has 2 heteroatoms. The molecule has 0 saturated carbocycles. The van der Waals surface area contributed by atoms with Gasteiger partial charge in [-0.25, -0.2) is 0 Å². The maximum Gasteiger partial charge on any atom is 0.0862 e. The standard InChI is InChI=1S/C18H28S2/c1-3-5-14-19-18(20-15-6-4-2)13-9-11-16-10-7-8-12-17(16)18/h7-8,10,12H,3-6,9,11,13-15H2,1-2H3. The van der Waals surface area contributed by atoms with E-state index >= 15 is 0 Å². The molecular formula is C18H28S2. The lowest BCUT2D eigenvalue weighted by Crippen LogP contribution is -2.25. The van der Waals surface area contributed by atoms with Crippen LogP contribution in [-0.2, 0) is 10.5 Å². The van der Waals surface area contributed by atoms with Crippen LogP contribution in [0.25, 0.3) is 0 Å². The lowest BCUT2D eigenvalue weighted by Gasteiger charge is -2.38. The van der Waals surface area contributed by atoms with Crippen LogP contribution in [0.5, 0.6) is 0 Å². The number of hydrogen-bond donors (Lipinski definition) is 0. The SMILES string of the molecule is CCCCSC1(SCCCC)CCCc2ccccc21. The van der Waals surface area contributed by atoms with E-state index in [0.29, 0.717) is 4.08 Å². The summed E-state index contributed by atoms with van der Waals surface area (Å²) in [6.07, 6.45) is 9.31. The highest BCUT2D eigenvalue weighted by Crippen LogP contribution is 2.54. The number of hydrogen-bond acceptors (Lipinski definition) is 2. The fourth-order valence-corrected chi connectivity index (χ4v) is 6.51. The normalized spacial score (nSPS) is 16.9. The largest absolute Gasteiger partial charge is 0.139 e. The molecule has 1 aromatic rings. The molecule has 0 heterocycles. The molecule has 20 heavy (non-hydrogen) atoms. The summed E-state index contributed by atoms with van der Waals surface area (Å²) in [7, 11) is 0. The third-order valence-electron chi connectivity index (χ3n) is 4.05. The smallest absolute Gasteiger partial charge is 0.0862 e. The van der Waals surface area contributed by atoms with Crippen LogP contribution in [0.3, 0.4) is 0 Å². The minimum Gasteiger partial charge on any atom is -0.139 e. The van der Waals surface area contributed by atoms with Gasteiger partial charge in [0, 0.05) is 0 Å². The summed E-state index contributed by atoms with van der Waals surface area (Å²) in [5.74, 6) is 2.62. The summed E-state index contributed by atoms with van der Waals surface area (Å²) >= 11 is 4.45. The van der Waals surface area contributed by atoms with Crippen LogP contribution in [0.1, 0.15) is 63.5 Å². The van der Waals surface area contributed by atoms with E-state index in [0.717, 1.165) is 0 Å². The van der Waals surface area contributed by atoms with Gasteiger partial charge in [-0.3, -0.25) is 0 Å². The lowest BCUT2D eigenvalue weighted by molar-refractivity contribution is 0.638. The molecule has 0 radical (unpaired) electrons. The van der Waals surface area contributed by atoms with E-state index in [9.17, 15) is 0 Å². The van der Waals surface area contributed by atoms with Gasteiger partial charge in [-0.1, -0.05) is 51.0 Å². The molecule has 1 aliphatic rings. The molecule has 0 spiro atoms. The van der Waals surface area contributed by atoms with E-state index in [1.54, 1.807) is 11.1 Å². The van der Waals surface area contributed by atoms with Crippen molar-refractivity contribution < 1.29 is 0 Å². The van der Waals surface area contributed by atoms with E-state index in [-0.39, 0.29) is 0 Å². The Hall–Kier alpha value is -0.0800. The number of unbranched alkanes of at least 4 members (excludes halogenated alkanes) is 2. The number of aryl methyl sites for hydroxylation is 1. The molecule has 0 unspecified atom stereocenters. The molecule has 0 N–H and O–H groups in total. The van der Waals surface area contributed by atoms with Crippen molar-refractivity contribution in [3.63, 3.8) is 0 Å². The molecule has 0 fully saturated rings. The summed E-state index contributed by atoms with van der Waals surface area (Å²) in [4.78, 5) is 0. The molecule has 1 aliphatic carbocycles. The van der Waals surface area contributed by atoms with Crippen molar-refractivity contribution in [2.24, 2.45) is 0 Å². The Bertz CT molecular complexity index is 390. The van der Waals surface area contributed by atoms with Crippen LogP contribution in [0.2, 0.25) is 0 Å². The van der Waals surface area contributed by atoms with Crippen LogP contribution in [-0.4, -0.2) is 11.5 Å². The van der Waals surface area contributed by atoms with Gasteiger partial charge in [0.25, 0.3) is 0 Å². The average Bonchev–Trinajstić information content (AvgIpc) is 2.48. The second-order valence-electron chi connectivity index (χ2n) is 5.67. The van der Waals surface area contributed by atoms with Gasteiger partial charge >= 0.3 is 0 Å².